The van der Waals surface area contributed by atoms with Crippen LogP contribution in [0.15, 0.2) is 48.7 Å². The molecule has 4 aliphatic rings. The maximum atomic E-state index is 16.7. The lowest BCUT2D eigenvalue weighted by Crippen LogP contribution is -2.53. The van der Waals surface area contributed by atoms with Crippen molar-refractivity contribution in [1.29, 1.82) is 0 Å². The molecule has 0 aliphatic carbocycles. The van der Waals surface area contributed by atoms with Crippen LogP contribution in [0.3, 0.4) is 0 Å². The van der Waals surface area contributed by atoms with E-state index in [9.17, 15) is 13.6 Å². The van der Waals surface area contributed by atoms with Crippen LogP contribution in [-0.2, 0) is 4.79 Å². The van der Waals surface area contributed by atoms with Gasteiger partial charge in [-0.15, -0.1) is 0 Å². The quantitative estimate of drug-likeness (QED) is 0.229. The van der Waals surface area contributed by atoms with Gasteiger partial charge in [0.2, 0.25) is 5.91 Å². The summed E-state index contributed by atoms with van der Waals surface area (Å²) in [6, 6.07) is 8.29. The van der Waals surface area contributed by atoms with Gasteiger partial charge in [0.25, 0.3) is 0 Å². The number of benzene rings is 2. The third-order valence-corrected chi connectivity index (χ3v) is 10.9. The van der Waals surface area contributed by atoms with Crippen LogP contribution in [0.4, 0.5) is 19.0 Å². The lowest BCUT2D eigenvalue weighted by molar-refractivity contribution is -0.131. The van der Waals surface area contributed by atoms with Gasteiger partial charge in [-0.3, -0.25) is 14.7 Å². The van der Waals surface area contributed by atoms with Gasteiger partial charge in [-0.25, -0.2) is 13.2 Å². The highest BCUT2D eigenvalue weighted by Gasteiger charge is 2.49. The number of nitrogens with one attached hydrogen (secondary N) is 1. The number of pyridine rings is 1. The van der Waals surface area contributed by atoms with Gasteiger partial charge in [0.1, 0.15) is 35.6 Å². The van der Waals surface area contributed by atoms with E-state index in [0.29, 0.717) is 60.1 Å². The van der Waals surface area contributed by atoms with Crippen molar-refractivity contribution < 1.29 is 22.7 Å². The number of carbonyl (C=O) groups is 1. The van der Waals surface area contributed by atoms with E-state index in [1.165, 1.54) is 12.3 Å². The minimum absolute atomic E-state index is 0.00268. The Bertz CT molecular complexity index is 1970. The highest BCUT2D eigenvalue weighted by molar-refractivity contribution is 6.36. The number of halogens is 4. The van der Waals surface area contributed by atoms with Crippen LogP contribution in [0.2, 0.25) is 5.02 Å². The molecule has 4 saturated heterocycles. The first-order chi connectivity index (χ1) is 23.7. The van der Waals surface area contributed by atoms with Crippen molar-refractivity contribution in [1.82, 2.24) is 30.1 Å². The molecule has 4 aromatic rings. The molecule has 256 valence electrons. The summed E-state index contributed by atoms with van der Waals surface area (Å²) < 4.78 is 52.0. The van der Waals surface area contributed by atoms with E-state index in [-0.39, 0.29) is 46.7 Å². The second-order valence-electron chi connectivity index (χ2n) is 13.8. The van der Waals surface area contributed by atoms with Crippen LogP contribution in [0.5, 0.6) is 6.01 Å². The van der Waals surface area contributed by atoms with Crippen LogP contribution in [0.25, 0.3) is 32.9 Å². The fraction of sp³-hybridized carbons (Fsp3) is 0.444. The van der Waals surface area contributed by atoms with Crippen LogP contribution < -0.4 is 15.0 Å². The number of amides is 1. The summed E-state index contributed by atoms with van der Waals surface area (Å²) in [6.45, 7) is 4.08. The van der Waals surface area contributed by atoms with Crippen LogP contribution >= 0.6 is 11.6 Å². The lowest BCUT2D eigenvalue weighted by Gasteiger charge is -2.41. The van der Waals surface area contributed by atoms with E-state index < -0.39 is 23.3 Å². The SMILES string of the molecule is CN(CC1CN(C(=O)/C=C/[C@H]2CCN2)C1)c1nc(OC[C@@]23CCCN2C[C@H](F)C3)nc2c(F)c(-c3cccc4ccc(F)c(Cl)c34)ncc12. The topological polar surface area (TPSA) is 86.7 Å². The number of hydrogen-bond donors (Lipinski definition) is 1. The third-order valence-electron chi connectivity index (χ3n) is 10.6. The molecule has 0 radical (unpaired) electrons. The molecule has 6 heterocycles. The van der Waals surface area contributed by atoms with Gasteiger partial charge in [-0.1, -0.05) is 41.9 Å². The highest BCUT2D eigenvalue weighted by Crippen LogP contribution is 2.41. The molecular formula is C36H37ClF3N7O2. The van der Waals surface area contributed by atoms with Crippen molar-refractivity contribution in [2.45, 2.75) is 43.4 Å². The third kappa shape index (κ3) is 5.87. The Kier molecular flexibility index (Phi) is 8.36. The summed E-state index contributed by atoms with van der Waals surface area (Å²) in [5.74, 6) is -0.739. The summed E-state index contributed by atoms with van der Waals surface area (Å²) in [5, 5.41) is 4.51. The Balaban J connectivity index is 1.12. The Morgan fingerprint density at radius 1 is 1.20 bits per heavy atom. The van der Waals surface area contributed by atoms with Gasteiger partial charge in [0.05, 0.1) is 15.9 Å². The standard InChI is InChI=1S/C36H37ClF3N7O2/c1-45(16-21-17-46(18-21)28(48)9-7-24-10-12-41-24)34-26-15-42-32(25-5-2-4-22-6-8-27(39)30(37)29(22)25)31(40)33(26)43-35(44-34)49-20-36-11-3-13-47(36)19-23(38)14-36/h2,4-9,15,21,23-24,41H,3,10-14,16-20H2,1H3/b9-7+/t23-,24+,36+/m1/s1. The number of nitrogens with zero attached hydrogens (tertiary/aromatic N) is 6. The van der Waals surface area contributed by atoms with Gasteiger partial charge < -0.3 is 19.9 Å². The van der Waals surface area contributed by atoms with E-state index in [2.05, 4.69) is 20.2 Å². The zero-order valence-corrected chi connectivity index (χ0v) is 27.9. The number of likely N-dealkylation sites (tertiary alicyclic amines) is 1. The largest absolute Gasteiger partial charge is 0.461 e. The number of carbonyl (C=O) groups excluding carboxylic acids is 1. The second kappa shape index (κ2) is 12.7. The molecular weight excluding hydrogens is 655 g/mol. The minimum atomic E-state index is -0.925. The van der Waals surface area contributed by atoms with E-state index in [0.717, 1.165) is 32.4 Å². The zero-order chi connectivity index (χ0) is 33.9. The van der Waals surface area contributed by atoms with Crippen LogP contribution in [0.1, 0.15) is 25.7 Å². The molecule has 0 saturated carbocycles. The summed E-state index contributed by atoms with van der Waals surface area (Å²) in [7, 11) is 1.86. The molecule has 4 fully saturated rings. The fourth-order valence-electron chi connectivity index (χ4n) is 7.84. The molecule has 1 amide bonds. The fourth-order valence-corrected chi connectivity index (χ4v) is 8.11. The summed E-state index contributed by atoms with van der Waals surface area (Å²) >= 11 is 6.40. The smallest absolute Gasteiger partial charge is 0.319 e. The Hall–Kier alpha value is -4.00. The Labute approximate surface area is 287 Å². The van der Waals surface area contributed by atoms with Crippen molar-refractivity contribution in [3.63, 3.8) is 0 Å². The monoisotopic (exact) mass is 691 g/mol. The van der Waals surface area contributed by atoms with Gasteiger partial charge in [-0.05, 0) is 43.8 Å². The van der Waals surface area contributed by atoms with Crippen molar-refractivity contribution in [2.24, 2.45) is 5.92 Å². The zero-order valence-electron chi connectivity index (χ0n) is 27.1. The van der Waals surface area contributed by atoms with Gasteiger partial charge in [-0.2, -0.15) is 9.97 Å². The van der Waals surface area contributed by atoms with E-state index >= 15 is 4.39 Å². The van der Waals surface area contributed by atoms with Crippen LogP contribution in [-0.4, -0.2) is 101 Å². The number of anilines is 1. The van der Waals surface area contributed by atoms with Gasteiger partial charge in [0.15, 0.2) is 5.82 Å². The first kappa shape index (κ1) is 32.2. The molecule has 13 heteroatoms. The summed E-state index contributed by atoms with van der Waals surface area (Å²) in [6.07, 6.45) is 7.32. The van der Waals surface area contributed by atoms with Crippen molar-refractivity contribution in [3.8, 4) is 17.3 Å². The molecule has 3 atom stereocenters. The molecule has 0 bridgehead atoms. The number of hydrogen-bond acceptors (Lipinski definition) is 8. The first-order valence-corrected chi connectivity index (χ1v) is 17.2. The molecule has 0 spiro atoms. The van der Waals surface area contributed by atoms with E-state index in [1.54, 1.807) is 35.2 Å². The average molecular weight is 692 g/mol. The number of fused-ring (bicyclic) bond motifs is 3. The Morgan fingerprint density at radius 3 is 2.84 bits per heavy atom. The molecule has 49 heavy (non-hydrogen) atoms. The maximum absolute atomic E-state index is 16.7. The Morgan fingerprint density at radius 2 is 2.04 bits per heavy atom. The lowest BCUT2D eigenvalue weighted by atomic mass is 9.95. The normalized spacial score (nSPS) is 24.1. The first-order valence-electron chi connectivity index (χ1n) is 16.9. The number of aromatic nitrogens is 3. The van der Waals surface area contributed by atoms with Gasteiger partial charge in [0, 0.05) is 74.8 Å². The van der Waals surface area contributed by atoms with Crippen LogP contribution in [0, 0.1) is 17.6 Å². The van der Waals surface area contributed by atoms with Crippen molar-refractivity contribution in [3.05, 3.63) is 65.3 Å². The highest BCUT2D eigenvalue weighted by atomic mass is 35.5. The minimum Gasteiger partial charge on any atom is -0.461 e. The predicted molar refractivity (Wildman–Crippen MR) is 183 cm³/mol. The second-order valence-corrected chi connectivity index (χ2v) is 14.2. The summed E-state index contributed by atoms with van der Waals surface area (Å²) in [5.41, 5.74) is -0.143. The van der Waals surface area contributed by atoms with E-state index in [4.69, 9.17) is 21.3 Å². The van der Waals surface area contributed by atoms with Gasteiger partial charge >= 0.3 is 6.01 Å². The maximum Gasteiger partial charge on any atom is 0.319 e. The van der Waals surface area contributed by atoms with Crippen molar-refractivity contribution in [2.75, 3.05) is 57.8 Å². The summed E-state index contributed by atoms with van der Waals surface area (Å²) in [4.78, 5) is 32.3. The molecule has 2 aromatic heterocycles. The molecule has 4 aliphatic heterocycles. The predicted octanol–water partition coefficient (Wildman–Crippen LogP) is 5.54. The average Bonchev–Trinajstić information content (AvgIpc) is 3.58. The number of rotatable bonds is 9. The number of ether oxygens (including phenoxy) is 1. The molecule has 9 nitrogen and oxygen atoms in total. The van der Waals surface area contributed by atoms with E-state index in [1.807, 2.05) is 18.0 Å². The number of alkyl halides is 1. The molecule has 0 unspecified atom stereocenters. The molecule has 2 aromatic carbocycles. The molecule has 8 rings (SSSR count). The van der Waals surface area contributed by atoms with Crippen molar-refractivity contribution >= 4 is 45.0 Å². The molecule has 1 N–H and O–H groups in total.